The smallest absolute Gasteiger partial charge is 0.164 e. The topological polar surface area (TPSA) is 30.7 Å². The van der Waals surface area contributed by atoms with Crippen LogP contribution in [0.5, 0.6) is 0 Å². The lowest BCUT2D eigenvalue weighted by atomic mass is 10.1. The molecule has 0 aliphatic heterocycles. The van der Waals surface area contributed by atoms with E-state index < -0.39 is 0 Å². The van der Waals surface area contributed by atoms with Gasteiger partial charge in [-0.2, -0.15) is 0 Å². The van der Waals surface area contributed by atoms with E-state index in [1.54, 1.807) is 0 Å². The maximum absolute atomic E-state index is 4.20. The molecule has 84 valence electrons. The van der Waals surface area contributed by atoms with Crippen LogP contribution < -0.4 is 0 Å². The van der Waals surface area contributed by atoms with Gasteiger partial charge in [0.15, 0.2) is 5.82 Å². The highest BCUT2D eigenvalue weighted by Gasteiger charge is 2.12. The highest BCUT2D eigenvalue weighted by molar-refractivity contribution is 9.10. The van der Waals surface area contributed by atoms with Crippen molar-refractivity contribution in [1.29, 1.82) is 0 Å². The van der Waals surface area contributed by atoms with Crippen LogP contribution in [0.4, 0.5) is 0 Å². The Balaban J connectivity index is 2.54. The van der Waals surface area contributed by atoms with E-state index in [1.807, 2.05) is 11.6 Å². The van der Waals surface area contributed by atoms with Crippen LogP contribution in [0.25, 0.3) is 11.4 Å². The summed E-state index contributed by atoms with van der Waals surface area (Å²) in [4.78, 5) is 0. The Kier molecular flexibility index (Phi) is 3.44. The number of hydrogen-bond acceptors (Lipinski definition) is 2. The minimum Gasteiger partial charge on any atom is -0.313 e. The molecule has 0 bridgehead atoms. The molecular weight excluding hydrogens is 334 g/mol. The van der Waals surface area contributed by atoms with Crippen molar-refractivity contribution in [2.45, 2.75) is 12.3 Å². The van der Waals surface area contributed by atoms with Crippen molar-refractivity contribution in [3.05, 3.63) is 34.1 Å². The fraction of sp³-hybridized carbons (Fsp3) is 0.273. The molecular formula is C11H11Br2N3. The molecule has 1 aromatic heterocycles. The second-order valence-corrected chi connectivity index (χ2v) is 5.03. The first kappa shape index (κ1) is 11.8. The van der Waals surface area contributed by atoms with E-state index in [2.05, 4.69) is 67.2 Å². The minimum atomic E-state index is 0.708. The summed E-state index contributed by atoms with van der Waals surface area (Å²) in [6, 6.07) is 6.21. The molecule has 0 aliphatic carbocycles. The van der Waals surface area contributed by atoms with Gasteiger partial charge in [-0.3, -0.25) is 0 Å². The molecule has 1 aromatic carbocycles. The van der Waals surface area contributed by atoms with Crippen molar-refractivity contribution >= 4 is 31.9 Å². The van der Waals surface area contributed by atoms with Gasteiger partial charge < -0.3 is 4.57 Å². The van der Waals surface area contributed by atoms with E-state index in [4.69, 9.17) is 0 Å². The summed E-state index contributed by atoms with van der Waals surface area (Å²) in [5.74, 6) is 1.80. The minimum absolute atomic E-state index is 0.708. The van der Waals surface area contributed by atoms with Gasteiger partial charge in [-0.25, -0.2) is 0 Å². The molecule has 5 heteroatoms. The van der Waals surface area contributed by atoms with Crippen LogP contribution in [0.3, 0.4) is 0 Å². The van der Waals surface area contributed by atoms with E-state index in [0.29, 0.717) is 5.33 Å². The van der Waals surface area contributed by atoms with E-state index in [9.17, 15) is 0 Å². The SMILES string of the molecule is Cc1ccc(-c2nnc(CBr)n2C)c(Br)c1. The van der Waals surface area contributed by atoms with Crippen molar-refractivity contribution in [2.75, 3.05) is 0 Å². The predicted octanol–water partition coefficient (Wildman–Crippen LogP) is 3.45. The van der Waals surface area contributed by atoms with Crippen molar-refractivity contribution < 1.29 is 0 Å². The standard InChI is InChI=1S/C11H11Br2N3/c1-7-3-4-8(9(13)5-7)11-15-14-10(6-12)16(11)2/h3-5H,6H2,1-2H3. The summed E-state index contributed by atoms with van der Waals surface area (Å²) in [7, 11) is 1.97. The highest BCUT2D eigenvalue weighted by Crippen LogP contribution is 2.27. The lowest BCUT2D eigenvalue weighted by Gasteiger charge is -2.05. The van der Waals surface area contributed by atoms with Crippen LogP contribution in [-0.4, -0.2) is 14.8 Å². The molecule has 1 heterocycles. The lowest BCUT2D eigenvalue weighted by Crippen LogP contribution is -1.97. The fourth-order valence-corrected chi connectivity index (χ4v) is 2.67. The van der Waals surface area contributed by atoms with Crippen molar-refractivity contribution in [3.63, 3.8) is 0 Å². The molecule has 16 heavy (non-hydrogen) atoms. The van der Waals surface area contributed by atoms with E-state index in [-0.39, 0.29) is 0 Å². The summed E-state index contributed by atoms with van der Waals surface area (Å²) >= 11 is 6.95. The maximum Gasteiger partial charge on any atom is 0.164 e. The molecule has 0 fully saturated rings. The second kappa shape index (κ2) is 4.67. The molecule has 3 nitrogen and oxygen atoms in total. The predicted molar refractivity (Wildman–Crippen MR) is 71.5 cm³/mol. The van der Waals surface area contributed by atoms with Crippen molar-refractivity contribution in [3.8, 4) is 11.4 Å². The Morgan fingerprint density at radius 1 is 1.31 bits per heavy atom. The summed E-state index contributed by atoms with van der Waals surface area (Å²) in [6.45, 7) is 2.06. The van der Waals surface area contributed by atoms with Gasteiger partial charge in [0.25, 0.3) is 0 Å². The third-order valence-corrected chi connectivity index (χ3v) is 3.61. The van der Waals surface area contributed by atoms with Gasteiger partial charge in [0.1, 0.15) is 5.82 Å². The van der Waals surface area contributed by atoms with E-state index in [1.165, 1.54) is 5.56 Å². The first-order valence-electron chi connectivity index (χ1n) is 4.84. The molecule has 0 saturated heterocycles. The molecule has 0 aliphatic rings. The zero-order valence-electron chi connectivity index (χ0n) is 9.04. The second-order valence-electron chi connectivity index (χ2n) is 3.62. The molecule has 2 rings (SSSR count). The number of aryl methyl sites for hydroxylation is 1. The van der Waals surface area contributed by atoms with Gasteiger partial charge in [-0.1, -0.05) is 37.9 Å². The van der Waals surface area contributed by atoms with E-state index in [0.717, 1.165) is 21.7 Å². The average molecular weight is 345 g/mol. The number of benzene rings is 1. The molecule has 0 saturated carbocycles. The monoisotopic (exact) mass is 343 g/mol. The van der Waals surface area contributed by atoms with Crippen LogP contribution in [0.15, 0.2) is 22.7 Å². The first-order valence-corrected chi connectivity index (χ1v) is 6.75. The number of rotatable bonds is 2. The van der Waals surface area contributed by atoms with Crippen LogP contribution in [-0.2, 0) is 12.4 Å². The molecule has 0 amide bonds. The lowest BCUT2D eigenvalue weighted by molar-refractivity contribution is 0.858. The molecule has 0 atom stereocenters. The molecule has 2 aromatic rings. The van der Waals surface area contributed by atoms with Gasteiger partial charge in [0.2, 0.25) is 0 Å². The molecule has 0 unspecified atom stereocenters. The number of hydrogen-bond donors (Lipinski definition) is 0. The van der Waals surface area contributed by atoms with Crippen LogP contribution in [0.2, 0.25) is 0 Å². The van der Waals surface area contributed by atoms with Gasteiger partial charge in [-0.15, -0.1) is 10.2 Å². The Labute approximate surface area is 111 Å². The van der Waals surface area contributed by atoms with Gasteiger partial charge in [-0.05, 0) is 24.6 Å². The van der Waals surface area contributed by atoms with Gasteiger partial charge in [0, 0.05) is 17.1 Å². The first-order chi connectivity index (χ1) is 7.63. The quantitative estimate of drug-likeness (QED) is 0.781. The molecule has 0 N–H and O–H groups in total. The van der Waals surface area contributed by atoms with Crippen molar-refractivity contribution in [2.24, 2.45) is 7.05 Å². The number of alkyl halides is 1. The van der Waals surface area contributed by atoms with E-state index >= 15 is 0 Å². The molecule has 0 radical (unpaired) electrons. The number of halogens is 2. The Morgan fingerprint density at radius 2 is 2.06 bits per heavy atom. The summed E-state index contributed by atoms with van der Waals surface area (Å²) < 4.78 is 3.04. The Bertz CT molecular complexity index is 520. The third-order valence-electron chi connectivity index (χ3n) is 2.45. The van der Waals surface area contributed by atoms with Crippen LogP contribution >= 0.6 is 31.9 Å². The Hall–Kier alpha value is -0.680. The summed E-state index contributed by atoms with van der Waals surface area (Å²) in [5, 5.41) is 9.03. The highest BCUT2D eigenvalue weighted by atomic mass is 79.9. The van der Waals surface area contributed by atoms with Crippen molar-refractivity contribution in [1.82, 2.24) is 14.8 Å². The zero-order chi connectivity index (χ0) is 11.7. The maximum atomic E-state index is 4.20. The zero-order valence-corrected chi connectivity index (χ0v) is 12.2. The Morgan fingerprint density at radius 3 is 2.62 bits per heavy atom. The van der Waals surface area contributed by atoms with Crippen LogP contribution in [0.1, 0.15) is 11.4 Å². The summed E-state index contributed by atoms with van der Waals surface area (Å²) in [6.07, 6.45) is 0. The van der Waals surface area contributed by atoms with Gasteiger partial charge in [0.05, 0.1) is 5.33 Å². The normalized spacial score (nSPS) is 10.8. The van der Waals surface area contributed by atoms with Gasteiger partial charge >= 0.3 is 0 Å². The largest absolute Gasteiger partial charge is 0.313 e. The summed E-state index contributed by atoms with van der Waals surface area (Å²) in [5.41, 5.74) is 2.28. The third kappa shape index (κ3) is 2.06. The number of aromatic nitrogens is 3. The fourth-order valence-electron chi connectivity index (χ4n) is 1.51. The average Bonchev–Trinajstić information content (AvgIpc) is 2.60. The number of nitrogens with zero attached hydrogens (tertiary/aromatic N) is 3. The van der Waals surface area contributed by atoms with Crippen LogP contribution in [0, 0.1) is 6.92 Å². The molecule has 0 spiro atoms.